The Labute approximate surface area is 115 Å². The predicted octanol–water partition coefficient (Wildman–Crippen LogP) is 2.84. The summed E-state index contributed by atoms with van der Waals surface area (Å²) >= 11 is 1.69. The molecule has 0 spiro atoms. The first-order valence-corrected chi connectivity index (χ1v) is 8.11. The zero-order chi connectivity index (χ0) is 13.6. The highest BCUT2D eigenvalue weighted by Crippen LogP contribution is 2.34. The van der Waals surface area contributed by atoms with Gasteiger partial charge >= 0.3 is 5.97 Å². The van der Waals surface area contributed by atoms with E-state index in [1.54, 1.807) is 11.8 Å². The van der Waals surface area contributed by atoms with Crippen molar-refractivity contribution in [2.45, 2.75) is 58.6 Å². The van der Waals surface area contributed by atoms with Gasteiger partial charge in [-0.3, -0.25) is 4.79 Å². The van der Waals surface area contributed by atoms with Gasteiger partial charge in [0.1, 0.15) is 5.60 Å². The number of carbonyl (C=O) groups is 1. The second-order valence-corrected chi connectivity index (χ2v) is 7.03. The SMILES string of the molecule is CCCNC(CSCC(=O)OC(C)(C)C)C1CC1. The van der Waals surface area contributed by atoms with Crippen molar-refractivity contribution in [2.24, 2.45) is 5.92 Å². The number of nitrogens with one attached hydrogen (secondary N) is 1. The van der Waals surface area contributed by atoms with Gasteiger partial charge in [-0.2, -0.15) is 0 Å². The fourth-order valence-corrected chi connectivity index (χ4v) is 2.82. The molecule has 1 fully saturated rings. The molecule has 0 aromatic carbocycles. The summed E-state index contributed by atoms with van der Waals surface area (Å²) in [5.74, 6) is 2.22. The Balaban J connectivity index is 2.16. The molecular formula is C14H27NO2S. The monoisotopic (exact) mass is 273 g/mol. The van der Waals surface area contributed by atoms with E-state index in [9.17, 15) is 4.79 Å². The Kier molecular flexibility index (Phi) is 6.50. The Bertz CT molecular complexity index is 259. The summed E-state index contributed by atoms with van der Waals surface area (Å²) in [5.41, 5.74) is -0.367. The molecule has 0 radical (unpaired) electrons. The molecule has 0 saturated heterocycles. The third kappa shape index (κ3) is 7.27. The minimum Gasteiger partial charge on any atom is -0.459 e. The van der Waals surface area contributed by atoms with Crippen LogP contribution in [0.3, 0.4) is 0 Å². The van der Waals surface area contributed by atoms with Crippen molar-refractivity contribution >= 4 is 17.7 Å². The van der Waals surface area contributed by atoms with Crippen LogP contribution in [0.5, 0.6) is 0 Å². The fraction of sp³-hybridized carbons (Fsp3) is 0.929. The van der Waals surface area contributed by atoms with E-state index in [2.05, 4.69) is 12.2 Å². The van der Waals surface area contributed by atoms with Crippen LogP contribution in [-0.4, -0.2) is 35.7 Å². The van der Waals surface area contributed by atoms with Crippen LogP contribution in [0, 0.1) is 5.92 Å². The lowest BCUT2D eigenvalue weighted by atomic mass is 10.2. The molecule has 0 aromatic rings. The van der Waals surface area contributed by atoms with Crippen LogP contribution in [0.2, 0.25) is 0 Å². The molecule has 1 aliphatic rings. The van der Waals surface area contributed by atoms with Crippen LogP contribution >= 0.6 is 11.8 Å². The Morgan fingerprint density at radius 1 is 1.44 bits per heavy atom. The van der Waals surface area contributed by atoms with Crippen LogP contribution in [0.15, 0.2) is 0 Å². The van der Waals surface area contributed by atoms with Gasteiger partial charge in [0, 0.05) is 11.8 Å². The summed E-state index contributed by atoms with van der Waals surface area (Å²) in [6.45, 7) is 8.99. The molecule has 0 amide bonds. The van der Waals surface area contributed by atoms with E-state index in [0.29, 0.717) is 11.8 Å². The zero-order valence-corrected chi connectivity index (χ0v) is 12.9. The minimum atomic E-state index is -0.367. The van der Waals surface area contributed by atoms with Crippen molar-refractivity contribution in [1.29, 1.82) is 0 Å². The molecule has 1 rings (SSSR count). The summed E-state index contributed by atoms with van der Waals surface area (Å²) in [5, 5.41) is 3.58. The molecule has 0 heterocycles. The average molecular weight is 273 g/mol. The van der Waals surface area contributed by atoms with E-state index in [1.807, 2.05) is 20.8 Å². The standard InChI is InChI=1S/C14H27NO2S/c1-5-8-15-12(11-6-7-11)9-18-10-13(16)17-14(2,3)4/h11-12,15H,5-10H2,1-4H3. The van der Waals surface area contributed by atoms with Gasteiger partial charge in [0.05, 0.1) is 5.75 Å². The molecule has 0 aromatic heterocycles. The van der Waals surface area contributed by atoms with E-state index in [4.69, 9.17) is 4.74 Å². The van der Waals surface area contributed by atoms with Gasteiger partial charge in [0.25, 0.3) is 0 Å². The Hall–Kier alpha value is -0.220. The quantitative estimate of drug-likeness (QED) is 0.690. The summed E-state index contributed by atoms with van der Waals surface area (Å²) in [7, 11) is 0. The number of hydrogen-bond donors (Lipinski definition) is 1. The second kappa shape index (κ2) is 7.39. The lowest BCUT2D eigenvalue weighted by Gasteiger charge is -2.20. The summed E-state index contributed by atoms with van der Waals surface area (Å²) in [4.78, 5) is 11.6. The molecule has 1 atom stereocenters. The molecule has 3 nitrogen and oxygen atoms in total. The van der Waals surface area contributed by atoms with Gasteiger partial charge in [-0.25, -0.2) is 0 Å². The third-order valence-electron chi connectivity index (χ3n) is 2.78. The molecule has 0 bridgehead atoms. The first-order chi connectivity index (χ1) is 8.42. The maximum atomic E-state index is 11.6. The maximum Gasteiger partial charge on any atom is 0.316 e. The lowest BCUT2D eigenvalue weighted by molar-refractivity contribution is -0.151. The second-order valence-electron chi connectivity index (χ2n) is 6.00. The highest BCUT2D eigenvalue weighted by Gasteiger charge is 2.30. The molecule has 18 heavy (non-hydrogen) atoms. The normalized spacial score (nSPS) is 17.6. The highest BCUT2D eigenvalue weighted by atomic mass is 32.2. The van der Waals surface area contributed by atoms with Gasteiger partial charge in [-0.1, -0.05) is 6.92 Å². The van der Waals surface area contributed by atoms with E-state index in [0.717, 1.165) is 18.2 Å². The van der Waals surface area contributed by atoms with Crippen LogP contribution in [0.4, 0.5) is 0 Å². The predicted molar refractivity (Wildman–Crippen MR) is 78.0 cm³/mol. The molecule has 1 saturated carbocycles. The van der Waals surface area contributed by atoms with Gasteiger partial charge in [-0.15, -0.1) is 11.8 Å². The topological polar surface area (TPSA) is 38.3 Å². The fourth-order valence-electron chi connectivity index (χ4n) is 1.83. The Morgan fingerprint density at radius 2 is 2.11 bits per heavy atom. The van der Waals surface area contributed by atoms with Gasteiger partial charge < -0.3 is 10.1 Å². The smallest absolute Gasteiger partial charge is 0.316 e. The van der Waals surface area contributed by atoms with Crippen molar-refractivity contribution in [2.75, 3.05) is 18.1 Å². The van der Waals surface area contributed by atoms with Crippen LogP contribution in [-0.2, 0) is 9.53 Å². The molecule has 1 N–H and O–H groups in total. The van der Waals surface area contributed by atoms with Crippen molar-refractivity contribution < 1.29 is 9.53 Å². The first kappa shape index (κ1) is 15.8. The highest BCUT2D eigenvalue weighted by molar-refractivity contribution is 7.99. The van der Waals surface area contributed by atoms with Gasteiger partial charge in [0.15, 0.2) is 0 Å². The first-order valence-electron chi connectivity index (χ1n) is 6.95. The maximum absolute atomic E-state index is 11.6. The summed E-state index contributed by atoms with van der Waals surface area (Å²) < 4.78 is 5.30. The molecule has 106 valence electrons. The number of ether oxygens (including phenoxy) is 1. The molecule has 1 aliphatic carbocycles. The largest absolute Gasteiger partial charge is 0.459 e. The molecule has 0 aliphatic heterocycles. The Morgan fingerprint density at radius 3 is 2.61 bits per heavy atom. The molecule has 4 heteroatoms. The summed E-state index contributed by atoms with van der Waals surface area (Å²) in [6, 6.07) is 0.581. The number of hydrogen-bond acceptors (Lipinski definition) is 4. The number of esters is 1. The van der Waals surface area contributed by atoms with E-state index >= 15 is 0 Å². The van der Waals surface area contributed by atoms with Crippen LogP contribution in [0.25, 0.3) is 0 Å². The van der Waals surface area contributed by atoms with Crippen molar-refractivity contribution in [3.05, 3.63) is 0 Å². The number of thioether (sulfide) groups is 1. The van der Waals surface area contributed by atoms with E-state index in [1.165, 1.54) is 19.3 Å². The van der Waals surface area contributed by atoms with Gasteiger partial charge in [-0.05, 0) is 52.5 Å². The average Bonchev–Trinajstić information content (AvgIpc) is 3.04. The molecular weight excluding hydrogens is 246 g/mol. The van der Waals surface area contributed by atoms with Crippen LogP contribution in [0.1, 0.15) is 47.0 Å². The van der Waals surface area contributed by atoms with Crippen molar-refractivity contribution in [3.8, 4) is 0 Å². The van der Waals surface area contributed by atoms with Gasteiger partial charge in [0.2, 0.25) is 0 Å². The third-order valence-corrected chi connectivity index (χ3v) is 3.82. The minimum absolute atomic E-state index is 0.0995. The number of rotatable bonds is 8. The zero-order valence-electron chi connectivity index (χ0n) is 12.1. The molecule has 1 unspecified atom stereocenters. The van der Waals surface area contributed by atoms with Crippen molar-refractivity contribution in [1.82, 2.24) is 5.32 Å². The van der Waals surface area contributed by atoms with Crippen molar-refractivity contribution in [3.63, 3.8) is 0 Å². The summed E-state index contributed by atoms with van der Waals surface area (Å²) in [6.07, 6.45) is 3.85. The number of carbonyl (C=O) groups excluding carboxylic acids is 1. The lowest BCUT2D eigenvalue weighted by Crippen LogP contribution is -2.34. The van der Waals surface area contributed by atoms with E-state index < -0.39 is 0 Å². The van der Waals surface area contributed by atoms with Crippen LogP contribution < -0.4 is 5.32 Å². The van der Waals surface area contributed by atoms with E-state index in [-0.39, 0.29) is 11.6 Å².